The number of hydrogen-bond donors (Lipinski definition) is 0. The Kier molecular flexibility index (Phi) is 2.34. The average Bonchev–Trinajstić information content (AvgIpc) is 2.61. The van der Waals surface area contributed by atoms with Crippen LogP contribution in [0.4, 0.5) is 0 Å². The van der Waals surface area contributed by atoms with E-state index in [2.05, 4.69) is 61.5 Å². The van der Waals surface area contributed by atoms with Crippen LogP contribution in [0.1, 0.15) is 44.9 Å². The fourth-order valence-corrected chi connectivity index (χ4v) is 4.79. The summed E-state index contributed by atoms with van der Waals surface area (Å²) in [7, 11) is 0. The number of aryl methyl sites for hydroxylation is 1. The molecular weight excluding hydrogens is 280 g/mol. The van der Waals surface area contributed by atoms with Gasteiger partial charge in [-0.25, -0.2) is 0 Å². The lowest BCUT2D eigenvalue weighted by Crippen LogP contribution is -2.44. The Balaban J connectivity index is 2.04. The van der Waals surface area contributed by atoms with E-state index in [1.165, 1.54) is 27.8 Å². The first-order chi connectivity index (χ1) is 11.3. The molecule has 0 radical (unpaired) electrons. The predicted octanol–water partition coefficient (Wildman–Crippen LogP) is 4.34. The highest BCUT2D eigenvalue weighted by atomic mass is 16.1. The molecule has 3 aliphatic carbocycles. The smallest absolute Gasteiger partial charge is 0.139 e. The molecule has 0 saturated heterocycles. The molecule has 2 bridgehead atoms. The van der Waals surface area contributed by atoms with Crippen molar-refractivity contribution in [1.29, 1.82) is 0 Å². The molecule has 6 rings (SSSR count). The van der Waals surface area contributed by atoms with Gasteiger partial charge in [-0.1, -0.05) is 66.7 Å². The van der Waals surface area contributed by atoms with Gasteiger partial charge in [0.2, 0.25) is 0 Å². The second-order valence-electron chi connectivity index (χ2n) is 6.57. The zero-order chi connectivity index (χ0) is 15.6. The summed E-state index contributed by atoms with van der Waals surface area (Å²) in [5, 5.41) is 0. The third-order valence-corrected chi connectivity index (χ3v) is 5.58. The highest BCUT2D eigenvalue weighted by molar-refractivity contribution is 5.90. The fraction of sp³-hybridized carbons (Fsp3) is 0.136. The van der Waals surface area contributed by atoms with Crippen LogP contribution in [0.25, 0.3) is 0 Å². The minimum absolute atomic E-state index is 0.235. The van der Waals surface area contributed by atoms with Gasteiger partial charge in [-0.15, -0.1) is 0 Å². The van der Waals surface area contributed by atoms with Crippen LogP contribution in [-0.4, -0.2) is 6.29 Å². The standard InChI is InChI=1S/C22H16O/c1-14-7-6-10-17-20-15-8-2-4-11-18(15)22(13-23,21(14)17)19-12-5-3-9-16(19)20/h2-13,20H,1H3. The van der Waals surface area contributed by atoms with E-state index in [1.807, 2.05) is 12.1 Å². The van der Waals surface area contributed by atoms with Gasteiger partial charge >= 0.3 is 0 Å². The molecule has 0 unspecified atom stereocenters. The third kappa shape index (κ3) is 1.32. The molecule has 23 heavy (non-hydrogen) atoms. The SMILES string of the molecule is Cc1cccc2c1C1(C=O)c3ccccc3C2c2ccccc21. The van der Waals surface area contributed by atoms with Crippen molar-refractivity contribution in [3.63, 3.8) is 0 Å². The van der Waals surface area contributed by atoms with E-state index < -0.39 is 5.41 Å². The number of rotatable bonds is 1. The monoisotopic (exact) mass is 296 g/mol. The molecular formula is C22H16O. The molecule has 1 heteroatoms. The Labute approximate surface area is 135 Å². The van der Waals surface area contributed by atoms with Crippen molar-refractivity contribution in [1.82, 2.24) is 0 Å². The Morgan fingerprint density at radius 3 is 1.96 bits per heavy atom. The summed E-state index contributed by atoms with van der Waals surface area (Å²) in [5.41, 5.74) is 7.87. The van der Waals surface area contributed by atoms with E-state index in [-0.39, 0.29) is 5.92 Å². The van der Waals surface area contributed by atoms with Crippen LogP contribution in [-0.2, 0) is 10.2 Å². The zero-order valence-corrected chi connectivity index (χ0v) is 12.9. The fourth-order valence-electron chi connectivity index (χ4n) is 4.79. The molecule has 0 N–H and O–H groups in total. The summed E-state index contributed by atoms with van der Waals surface area (Å²) >= 11 is 0. The van der Waals surface area contributed by atoms with Gasteiger partial charge in [-0.05, 0) is 45.9 Å². The highest BCUT2D eigenvalue weighted by Crippen LogP contribution is 2.58. The molecule has 3 aromatic rings. The lowest BCUT2D eigenvalue weighted by molar-refractivity contribution is -0.110. The Morgan fingerprint density at radius 2 is 1.35 bits per heavy atom. The largest absolute Gasteiger partial charge is 0.302 e. The minimum Gasteiger partial charge on any atom is -0.302 e. The van der Waals surface area contributed by atoms with E-state index in [0.717, 1.165) is 17.4 Å². The second-order valence-corrected chi connectivity index (χ2v) is 6.57. The van der Waals surface area contributed by atoms with Crippen molar-refractivity contribution in [3.8, 4) is 0 Å². The van der Waals surface area contributed by atoms with Gasteiger partial charge in [0.15, 0.2) is 0 Å². The first-order valence-electron chi connectivity index (χ1n) is 8.04. The normalized spacial score (nSPS) is 22.9. The molecule has 0 atom stereocenters. The summed E-state index contributed by atoms with van der Waals surface area (Å²) in [6.07, 6.45) is 1.16. The van der Waals surface area contributed by atoms with Crippen LogP contribution in [0.15, 0.2) is 66.7 Å². The van der Waals surface area contributed by atoms with Crippen molar-refractivity contribution >= 4 is 6.29 Å². The molecule has 1 nitrogen and oxygen atoms in total. The van der Waals surface area contributed by atoms with Crippen LogP contribution >= 0.6 is 0 Å². The van der Waals surface area contributed by atoms with Gasteiger partial charge in [0.1, 0.15) is 11.7 Å². The van der Waals surface area contributed by atoms with Crippen LogP contribution in [0.3, 0.4) is 0 Å². The van der Waals surface area contributed by atoms with Gasteiger partial charge in [0.05, 0.1) is 0 Å². The van der Waals surface area contributed by atoms with Gasteiger partial charge in [-0.3, -0.25) is 0 Å². The van der Waals surface area contributed by atoms with Gasteiger partial charge < -0.3 is 4.79 Å². The number of benzene rings is 3. The Morgan fingerprint density at radius 1 is 0.783 bits per heavy atom. The predicted molar refractivity (Wildman–Crippen MR) is 91.0 cm³/mol. The highest BCUT2D eigenvalue weighted by Gasteiger charge is 2.52. The van der Waals surface area contributed by atoms with Crippen molar-refractivity contribution in [2.24, 2.45) is 0 Å². The van der Waals surface area contributed by atoms with Crippen molar-refractivity contribution < 1.29 is 4.79 Å². The van der Waals surface area contributed by atoms with E-state index in [1.54, 1.807) is 0 Å². The maximum Gasteiger partial charge on any atom is 0.139 e. The molecule has 0 spiro atoms. The molecule has 0 aliphatic heterocycles. The van der Waals surface area contributed by atoms with E-state index in [4.69, 9.17) is 0 Å². The number of hydrogen-bond acceptors (Lipinski definition) is 1. The van der Waals surface area contributed by atoms with E-state index in [0.29, 0.717) is 0 Å². The van der Waals surface area contributed by atoms with Gasteiger partial charge in [0, 0.05) is 5.92 Å². The quantitative estimate of drug-likeness (QED) is 0.611. The van der Waals surface area contributed by atoms with Crippen LogP contribution in [0.2, 0.25) is 0 Å². The van der Waals surface area contributed by atoms with Crippen LogP contribution < -0.4 is 0 Å². The molecule has 0 amide bonds. The Hall–Kier alpha value is -2.67. The van der Waals surface area contributed by atoms with Gasteiger partial charge in [-0.2, -0.15) is 0 Å². The molecule has 3 aromatic carbocycles. The van der Waals surface area contributed by atoms with Gasteiger partial charge in [0.25, 0.3) is 0 Å². The lowest BCUT2D eigenvalue weighted by atomic mass is 9.53. The third-order valence-electron chi connectivity index (χ3n) is 5.58. The maximum absolute atomic E-state index is 12.6. The summed E-state index contributed by atoms with van der Waals surface area (Å²) < 4.78 is 0. The topological polar surface area (TPSA) is 17.1 Å². The summed E-state index contributed by atoms with van der Waals surface area (Å²) in [6.45, 7) is 2.12. The minimum atomic E-state index is -0.664. The summed E-state index contributed by atoms with van der Waals surface area (Å²) in [6, 6.07) is 23.3. The number of carbonyl (C=O) groups excluding carboxylic acids is 1. The molecule has 0 fully saturated rings. The molecule has 0 aromatic heterocycles. The summed E-state index contributed by atoms with van der Waals surface area (Å²) in [5.74, 6) is 0.235. The first kappa shape index (κ1) is 12.8. The number of carbonyl (C=O) groups is 1. The maximum atomic E-state index is 12.6. The van der Waals surface area contributed by atoms with Crippen molar-refractivity contribution in [2.45, 2.75) is 18.3 Å². The molecule has 0 saturated carbocycles. The average molecular weight is 296 g/mol. The molecule has 110 valence electrons. The van der Waals surface area contributed by atoms with E-state index >= 15 is 0 Å². The zero-order valence-electron chi connectivity index (χ0n) is 12.9. The summed E-state index contributed by atoms with van der Waals surface area (Å²) in [4.78, 5) is 12.6. The first-order valence-corrected chi connectivity index (χ1v) is 8.04. The van der Waals surface area contributed by atoms with Crippen LogP contribution in [0, 0.1) is 6.92 Å². The van der Waals surface area contributed by atoms with Crippen molar-refractivity contribution in [2.75, 3.05) is 0 Å². The van der Waals surface area contributed by atoms with E-state index in [9.17, 15) is 4.79 Å². The lowest BCUT2D eigenvalue weighted by Gasteiger charge is -2.48. The second kappa shape index (κ2) is 4.20. The molecule has 3 aliphatic rings. The molecule has 0 heterocycles. The number of aldehydes is 1. The Bertz CT molecular complexity index is 920. The van der Waals surface area contributed by atoms with Crippen molar-refractivity contribution in [3.05, 3.63) is 106 Å². The van der Waals surface area contributed by atoms with Crippen LogP contribution in [0.5, 0.6) is 0 Å².